The molecular weight excluding hydrogens is 212 g/mol. The molecule has 2 atom stereocenters. The molecule has 0 heterocycles. The highest BCUT2D eigenvalue weighted by Gasteiger charge is 2.29. The fourth-order valence-electron chi connectivity index (χ4n) is 2.84. The average molecular weight is 240 g/mol. The summed E-state index contributed by atoms with van der Waals surface area (Å²) in [5.74, 6) is 0.636. The van der Waals surface area contributed by atoms with E-state index in [0.29, 0.717) is 5.78 Å². The third-order valence-corrected chi connectivity index (χ3v) is 3.95. The molecule has 1 aliphatic rings. The van der Waals surface area contributed by atoms with E-state index in [2.05, 4.69) is 6.92 Å². The summed E-state index contributed by atoms with van der Waals surface area (Å²) in [4.78, 5) is 11.8. The van der Waals surface area contributed by atoms with Gasteiger partial charge in [-0.3, -0.25) is 4.79 Å². The Labute approximate surface area is 106 Å². The largest absolute Gasteiger partial charge is 0.381 e. The number of unbranched alkanes of at least 4 members (excludes halogenated alkanes) is 4. The smallest absolute Gasteiger partial charge is 0.138 e. The molecule has 0 aromatic heterocycles. The van der Waals surface area contributed by atoms with E-state index >= 15 is 0 Å². The normalized spacial score (nSPS) is 22.7. The molecule has 0 N–H and O–H groups in total. The number of carbonyl (C=O) groups is 1. The van der Waals surface area contributed by atoms with Crippen molar-refractivity contribution in [2.24, 2.45) is 5.92 Å². The molecule has 2 heteroatoms. The summed E-state index contributed by atoms with van der Waals surface area (Å²) in [5, 5.41) is 0. The summed E-state index contributed by atoms with van der Waals surface area (Å²) in [5.41, 5.74) is 0. The molecule has 0 spiro atoms. The van der Waals surface area contributed by atoms with Crippen LogP contribution in [0.3, 0.4) is 0 Å². The Morgan fingerprint density at radius 2 is 2.00 bits per heavy atom. The Kier molecular flexibility index (Phi) is 7.50. The molecule has 0 saturated heterocycles. The molecule has 100 valence electrons. The Morgan fingerprint density at radius 1 is 1.24 bits per heavy atom. The maximum absolute atomic E-state index is 11.8. The van der Waals surface area contributed by atoms with Crippen molar-refractivity contribution in [3.63, 3.8) is 0 Å². The van der Waals surface area contributed by atoms with Crippen molar-refractivity contribution in [3.8, 4) is 0 Å². The topological polar surface area (TPSA) is 26.3 Å². The number of hydrogen-bond donors (Lipinski definition) is 0. The lowest BCUT2D eigenvalue weighted by Crippen LogP contribution is -2.32. The van der Waals surface area contributed by atoms with Gasteiger partial charge in [-0.05, 0) is 19.3 Å². The second kappa shape index (κ2) is 8.68. The lowest BCUT2D eigenvalue weighted by Gasteiger charge is -2.28. The van der Waals surface area contributed by atoms with E-state index in [4.69, 9.17) is 4.74 Å². The summed E-state index contributed by atoms with van der Waals surface area (Å²) in [6.07, 6.45) is 11.8. The van der Waals surface area contributed by atoms with Crippen molar-refractivity contribution < 1.29 is 9.53 Å². The van der Waals surface area contributed by atoms with Gasteiger partial charge in [0.25, 0.3) is 0 Å². The van der Waals surface area contributed by atoms with Crippen molar-refractivity contribution in [2.75, 3.05) is 7.11 Å². The molecule has 1 fully saturated rings. The molecule has 0 amide bonds. The average Bonchev–Trinajstić information content (AvgIpc) is 2.35. The Balaban J connectivity index is 2.24. The van der Waals surface area contributed by atoms with Crippen LogP contribution in [0.1, 0.15) is 71.1 Å². The van der Waals surface area contributed by atoms with Crippen LogP contribution in [0.15, 0.2) is 0 Å². The molecule has 0 aromatic carbocycles. The first kappa shape index (κ1) is 14.7. The van der Waals surface area contributed by atoms with Crippen LogP contribution in [-0.2, 0) is 9.53 Å². The highest BCUT2D eigenvalue weighted by atomic mass is 16.5. The van der Waals surface area contributed by atoms with E-state index in [-0.39, 0.29) is 12.0 Å². The number of rotatable bonds is 8. The highest BCUT2D eigenvalue weighted by Crippen LogP contribution is 2.27. The molecule has 0 bridgehead atoms. The van der Waals surface area contributed by atoms with Crippen molar-refractivity contribution >= 4 is 5.78 Å². The van der Waals surface area contributed by atoms with Crippen LogP contribution >= 0.6 is 0 Å². The Bertz CT molecular complexity index is 213. The molecule has 1 saturated carbocycles. The van der Waals surface area contributed by atoms with Crippen LogP contribution in [0.5, 0.6) is 0 Å². The Morgan fingerprint density at radius 3 is 2.65 bits per heavy atom. The van der Waals surface area contributed by atoms with Gasteiger partial charge in [-0.25, -0.2) is 0 Å². The molecule has 0 aromatic rings. The minimum absolute atomic E-state index is 0.185. The van der Waals surface area contributed by atoms with E-state index in [0.717, 1.165) is 25.7 Å². The maximum atomic E-state index is 11.8. The number of ether oxygens (including phenoxy) is 1. The third kappa shape index (κ3) is 5.20. The summed E-state index contributed by atoms with van der Waals surface area (Å²) >= 11 is 0. The second-order valence-corrected chi connectivity index (χ2v) is 5.30. The van der Waals surface area contributed by atoms with Crippen molar-refractivity contribution in [2.45, 2.75) is 77.2 Å². The van der Waals surface area contributed by atoms with Crippen LogP contribution in [0.4, 0.5) is 0 Å². The van der Waals surface area contributed by atoms with Gasteiger partial charge in [0.2, 0.25) is 0 Å². The zero-order valence-corrected chi connectivity index (χ0v) is 11.5. The third-order valence-electron chi connectivity index (χ3n) is 3.95. The molecule has 0 radical (unpaired) electrons. The highest BCUT2D eigenvalue weighted by molar-refractivity contribution is 5.82. The van der Waals surface area contributed by atoms with Gasteiger partial charge in [-0.1, -0.05) is 45.4 Å². The Hall–Kier alpha value is -0.370. The van der Waals surface area contributed by atoms with Crippen molar-refractivity contribution in [1.82, 2.24) is 0 Å². The molecule has 2 nitrogen and oxygen atoms in total. The predicted octanol–water partition coefficient (Wildman–Crippen LogP) is 4.12. The van der Waals surface area contributed by atoms with Gasteiger partial charge in [-0.15, -0.1) is 0 Å². The summed E-state index contributed by atoms with van der Waals surface area (Å²) in [6.45, 7) is 2.23. The quantitative estimate of drug-likeness (QED) is 0.596. The SMILES string of the molecule is CCCCCCCC(OC)C1CCCCC1=O. The maximum Gasteiger partial charge on any atom is 0.138 e. The standard InChI is InChI=1S/C15H28O2/c1-3-4-5-6-7-12-15(17-2)13-10-8-9-11-14(13)16/h13,15H,3-12H2,1-2H3. The summed E-state index contributed by atoms with van der Waals surface area (Å²) in [7, 11) is 1.76. The first-order valence-electron chi connectivity index (χ1n) is 7.35. The fourth-order valence-corrected chi connectivity index (χ4v) is 2.84. The molecule has 1 aliphatic carbocycles. The molecular formula is C15H28O2. The van der Waals surface area contributed by atoms with E-state index in [9.17, 15) is 4.79 Å². The number of methoxy groups -OCH3 is 1. The number of ketones is 1. The first-order valence-corrected chi connectivity index (χ1v) is 7.35. The monoisotopic (exact) mass is 240 g/mol. The lowest BCUT2D eigenvalue weighted by atomic mass is 9.82. The number of carbonyl (C=O) groups excluding carboxylic acids is 1. The van der Waals surface area contributed by atoms with E-state index in [1.54, 1.807) is 7.11 Å². The van der Waals surface area contributed by atoms with Gasteiger partial charge in [0.05, 0.1) is 6.10 Å². The van der Waals surface area contributed by atoms with Gasteiger partial charge in [0, 0.05) is 19.4 Å². The van der Waals surface area contributed by atoms with Crippen molar-refractivity contribution in [1.29, 1.82) is 0 Å². The van der Waals surface area contributed by atoms with Crippen molar-refractivity contribution in [3.05, 3.63) is 0 Å². The zero-order valence-electron chi connectivity index (χ0n) is 11.5. The van der Waals surface area contributed by atoms with E-state index in [1.165, 1.54) is 38.5 Å². The van der Waals surface area contributed by atoms with Gasteiger partial charge < -0.3 is 4.74 Å². The number of Topliss-reactive ketones (excluding diaryl/α,β-unsaturated/α-hetero) is 1. The molecule has 17 heavy (non-hydrogen) atoms. The summed E-state index contributed by atoms with van der Waals surface area (Å²) in [6, 6.07) is 0. The minimum Gasteiger partial charge on any atom is -0.381 e. The second-order valence-electron chi connectivity index (χ2n) is 5.30. The number of hydrogen-bond acceptors (Lipinski definition) is 2. The van der Waals surface area contributed by atoms with Gasteiger partial charge in [-0.2, -0.15) is 0 Å². The first-order chi connectivity index (χ1) is 8.29. The minimum atomic E-state index is 0.185. The van der Waals surface area contributed by atoms with Crippen LogP contribution in [-0.4, -0.2) is 19.0 Å². The zero-order chi connectivity index (χ0) is 12.5. The summed E-state index contributed by atoms with van der Waals surface area (Å²) < 4.78 is 5.55. The van der Waals surface area contributed by atoms with Gasteiger partial charge in [0.15, 0.2) is 0 Å². The van der Waals surface area contributed by atoms with Crippen LogP contribution in [0.2, 0.25) is 0 Å². The van der Waals surface area contributed by atoms with Gasteiger partial charge in [0.1, 0.15) is 5.78 Å². The van der Waals surface area contributed by atoms with Crippen LogP contribution in [0, 0.1) is 5.92 Å². The van der Waals surface area contributed by atoms with E-state index < -0.39 is 0 Å². The molecule has 2 unspecified atom stereocenters. The van der Waals surface area contributed by atoms with Crippen LogP contribution in [0.25, 0.3) is 0 Å². The van der Waals surface area contributed by atoms with Gasteiger partial charge >= 0.3 is 0 Å². The lowest BCUT2D eigenvalue weighted by molar-refractivity contribution is -0.129. The molecule has 1 rings (SSSR count). The predicted molar refractivity (Wildman–Crippen MR) is 71.1 cm³/mol. The molecule has 0 aliphatic heterocycles. The van der Waals surface area contributed by atoms with E-state index in [1.807, 2.05) is 0 Å². The van der Waals surface area contributed by atoms with Crippen LogP contribution < -0.4 is 0 Å². The fraction of sp³-hybridized carbons (Fsp3) is 0.933.